The number of nitrogens with one attached hydrogen (secondary N) is 1. The SMILES string of the molecule is C[C@@H](NC(=O)COC(=O)[C@]1(C)CC1(Cl)Cl)c1ccc(Br)cc1. The Kier molecular flexibility index (Phi) is 5.09. The highest BCUT2D eigenvalue weighted by Crippen LogP contribution is 2.64. The molecule has 1 amide bonds. The van der Waals surface area contributed by atoms with E-state index in [1.165, 1.54) is 0 Å². The molecule has 1 N–H and O–H groups in total. The van der Waals surface area contributed by atoms with Crippen molar-refractivity contribution in [1.29, 1.82) is 0 Å². The molecule has 2 rings (SSSR count). The number of benzene rings is 1. The van der Waals surface area contributed by atoms with Gasteiger partial charge in [-0.2, -0.15) is 0 Å². The molecule has 22 heavy (non-hydrogen) atoms. The molecule has 1 aromatic carbocycles. The lowest BCUT2D eigenvalue weighted by Crippen LogP contribution is -2.33. The van der Waals surface area contributed by atoms with E-state index in [4.69, 9.17) is 27.9 Å². The van der Waals surface area contributed by atoms with Crippen molar-refractivity contribution in [2.45, 2.75) is 30.6 Å². The lowest BCUT2D eigenvalue weighted by atomic mass is 10.1. The van der Waals surface area contributed by atoms with Gasteiger partial charge in [0, 0.05) is 10.9 Å². The average Bonchev–Trinajstić information content (AvgIpc) is 2.97. The lowest BCUT2D eigenvalue weighted by Gasteiger charge is -2.16. The van der Waals surface area contributed by atoms with Crippen LogP contribution < -0.4 is 5.32 Å². The van der Waals surface area contributed by atoms with E-state index in [0.717, 1.165) is 10.0 Å². The van der Waals surface area contributed by atoms with Crippen LogP contribution in [0.5, 0.6) is 0 Å². The number of halogens is 3. The topological polar surface area (TPSA) is 55.4 Å². The second kappa shape index (κ2) is 6.38. The third-order valence-electron chi connectivity index (χ3n) is 3.79. The molecule has 0 aromatic heterocycles. The van der Waals surface area contributed by atoms with Crippen molar-refractivity contribution in [2.24, 2.45) is 5.41 Å². The zero-order valence-corrected chi connectivity index (χ0v) is 15.3. The fraction of sp³-hybridized carbons (Fsp3) is 0.467. The molecule has 0 aliphatic heterocycles. The highest BCUT2D eigenvalue weighted by molar-refractivity contribution is 9.10. The van der Waals surface area contributed by atoms with Gasteiger partial charge in [0.15, 0.2) is 6.61 Å². The average molecular weight is 409 g/mol. The second-order valence-corrected chi connectivity index (χ2v) is 8.03. The highest BCUT2D eigenvalue weighted by atomic mass is 79.9. The summed E-state index contributed by atoms with van der Waals surface area (Å²) in [5.74, 6) is -0.924. The van der Waals surface area contributed by atoms with E-state index >= 15 is 0 Å². The Morgan fingerprint density at radius 2 is 1.91 bits per heavy atom. The maximum Gasteiger partial charge on any atom is 0.315 e. The summed E-state index contributed by atoms with van der Waals surface area (Å²) in [5, 5.41) is 2.77. The Bertz CT molecular complexity index is 591. The predicted molar refractivity (Wildman–Crippen MR) is 88.8 cm³/mol. The van der Waals surface area contributed by atoms with E-state index < -0.39 is 15.7 Å². The molecule has 2 atom stereocenters. The van der Waals surface area contributed by atoms with Crippen molar-refractivity contribution < 1.29 is 14.3 Å². The largest absolute Gasteiger partial charge is 0.455 e. The van der Waals surface area contributed by atoms with Crippen molar-refractivity contribution in [1.82, 2.24) is 5.32 Å². The molecular formula is C15H16BrCl2NO3. The van der Waals surface area contributed by atoms with Crippen LogP contribution >= 0.6 is 39.1 Å². The number of ether oxygens (including phenoxy) is 1. The summed E-state index contributed by atoms with van der Waals surface area (Å²) < 4.78 is 4.87. The van der Waals surface area contributed by atoms with Crippen molar-refractivity contribution in [3.8, 4) is 0 Å². The number of carbonyl (C=O) groups excluding carboxylic acids is 2. The molecule has 0 unspecified atom stereocenters. The van der Waals surface area contributed by atoms with Crippen molar-refractivity contribution in [3.63, 3.8) is 0 Å². The van der Waals surface area contributed by atoms with Crippen LogP contribution in [0.15, 0.2) is 28.7 Å². The van der Waals surface area contributed by atoms with Gasteiger partial charge in [0.25, 0.3) is 5.91 Å². The number of hydrogen-bond acceptors (Lipinski definition) is 3. The fourth-order valence-electron chi connectivity index (χ4n) is 2.03. The molecule has 0 radical (unpaired) electrons. The predicted octanol–water partition coefficient (Wildman–Crippen LogP) is 3.75. The molecule has 0 heterocycles. The van der Waals surface area contributed by atoms with E-state index in [1.807, 2.05) is 31.2 Å². The first-order valence-corrected chi connectivity index (χ1v) is 8.30. The minimum atomic E-state index is -1.09. The van der Waals surface area contributed by atoms with E-state index in [-0.39, 0.29) is 18.6 Å². The first-order chi connectivity index (χ1) is 10.2. The molecule has 0 saturated heterocycles. The minimum absolute atomic E-state index is 0.184. The normalized spacial score (nSPS) is 23.5. The number of rotatable bonds is 5. The number of hydrogen-bond donors (Lipinski definition) is 1. The molecule has 0 spiro atoms. The second-order valence-electron chi connectivity index (χ2n) is 5.63. The minimum Gasteiger partial charge on any atom is -0.455 e. The quantitative estimate of drug-likeness (QED) is 0.596. The van der Waals surface area contributed by atoms with Gasteiger partial charge in [-0.25, -0.2) is 0 Å². The Morgan fingerprint density at radius 1 is 1.36 bits per heavy atom. The van der Waals surface area contributed by atoms with Crippen LogP contribution in [0, 0.1) is 5.41 Å². The first-order valence-electron chi connectivity index (χ1n) is 6.75. The zero-order valence-electron chi connectivity index (χ0n) is 12.2. The summed E-state index contributed by atoms with van der Waals surface area (Å²) in [7, 11) is 0. The Balaban J connectivity index is 1.81. The van der Waals surface area contributed by atoms with Gasteiger partial charge in [0.1, 0.15) is 9.75 Å². The summed E-state index contributed by atoms with van der Waals surface area (Å²) in [4.78, 5) is 23.7. The summed E-state index contributed by atoms with van der Waals surface area (Å²) in [6.07, 6.45) is 0.332. The summed E-state index contributed by atoms with van der Waals surface area (Å²) in [5.41, 5.74) is 0.0332. The number of alkyl halides is 2. The van der Waals surface area contributed by atoms with Crippen LogP contribution in [0.3, 0.4) is 0 Å². The van der Waals surface area contributed by atoms with E-state index in [2.05, 4.69) is 21.2 Å². The molecule has 0 bridgehead atoms. The van der Waals surface area contributed by atoms with Crippen molar-refractivity contribution in [3.05, 3.63) is 34.3 Å². The van der Waals surface area contributed by atoms with Crippen LogP contribution in [0.4, 0.5) is 0 Å². The number of amides is 1. The highest BCUT2D eigenvalue weighted by Gasteiger charge is 2.69. The van der Waals surface area contributed by atoms with Gasteiger partial charge < -0.3 is 10.1 Å². The fourth-order valence-corrected chi connectivity index (χ4v) is 2.98. The summed E-state index contributed by atoms with van der Waals surface area (Å²) in [6.45, 7) is 3.13. The molecule has 1 aliphatic carbocycles. The van der Waals surface area contributed by atoms with Crippen LogP contribution in [-0.4, -0.2) is 22.8 Å². The molecule has 4 nitrogen and oxygen atoms in total. The van der Waals surface area contributed by atoms with Gasteiger partial charge in [-0.1, -0.05) is 28.1 Å². The number of esters is 1. The standard InChI is InChI=1S/C15H16BrCl2NO3/c1-9(10-3-5-11(16)6-4-10)19-12(20)7-22-13(21)14(2)8-15(14,17)18/h3-6,9H,7-8H2,1-2H3,(H,19,20)/t9-,14+/m1/s1. The number of carbonyl (C=O) groups is 2. The van der Waals surface area contributed by atoms with Gasteiger partial charge in [0.2, 0.25) is 0 Å². The molecule has 1 saturated carbocycles. The first kappa shape index (κ1) is 17.6. The van der Waals surface area contributed by atoms with Crippen LogP contribution in [0.1, 0.15) is 31.9 Å². The van der Waals surface area contributed by atoms with E-state index in [9.17, 15) is 9.59 Å². The lowest BCUT2D eigenvalue weighted by molar-refractivity contribution is -0.153. The van der Waals surface area contributed by atoms with Crippen molar-refractivity contribution >= 4 is 51.0 Å². The van der Waals surface area contributed by atoms with E-state index in [1.54, 1.807) is 6.92 Å². The third-order valence-corrected chi connectivity index (χ3v) is 5.42. The maximum absolute atomic E-state index is 11.9. The smallest absolute Gasteiger partial charge is 0.315 e. The molecule has 1 fully saturated rings. The van der Waals surface area contributed by atoms with Crippen LogP contribution in [0.25, 0.3) is 0 Å². The Labute approximate surface area is 147 Å². The third kappa shape index (κ3) is 3.76. The van der Waals surface area contributed by atoms with Gasteiger partial charge in [-0.3, -0.25) is 9.59 Å². The zero-order chi connectivity index (χ0) is 16.5. The van der Waals surface area contributed by atoms with Crippen LogP contribution in [0.2, 0.25) is 0 Å². The summed E-state index contributed by atoms with van der Waals surface area (Å²) >= 11 is 15.1. The van der Waals surface area contributed by atoms with Gasteiger partial charge in [-0.15, -0.1) is 23.2 Å². The summed E-state index contributed by atoms with van der Waals surface area (Å²) in [6, 6.07) is 7.42. The van der Waals surface area contributed by atoms with Gasteiger partial charge in [-0.05, 0) is 31.5 Å². The Morgan fingerprint density at radius 3 is 2.41 bits per heavy atom. The maximum atomic E-state index is 11.9. The van der Waals surface area contributed by atoms with Crippen molar-refractivity contribution in [2.75, 3.05) is 6.61 Å². The Hall–Kier alpha value is -0.780. The van der Waals surface area contributed by atoms with Gasteiger partial charge in [0.05, 0.1) is 6.04 Å². The molecule has 1 aromatic rings. The molecule has 1 aliphatic rings. The van der Waals surface area contributed by atoms with Crippen LogP contribution in [-0.2, 0) is 14.3 Å². The molecule has 7 heteroatoms. The van der Waals surface area contributed by atoms with Gasteiger partial charge >= 0.3 is 5.97 Å². The molecular weight excluding hydrogens is 393 g/mol. The molecule has 120 valence electrons. The van der Waals surface area contributed by atoms with E-state index in [0.29, 0.717) is 6.42 Å². The monoisotopic (exact) mass is 407 g/mol.